The molecule has 9 unspecified atom stereocenters. The van der Waals surface area contributed by atoms with Gasteiger partial charge in [0.15, 0.2) is 6.29 Å². The molecule has 1 rings (SSSR count). The van der Waals surface area contributed by atoms with Crippen LogP contribution in [-0.2, 0) is 14.3 Å². The van der Waals surface area contributed by atoms with E-state index in [1.807, 2.05) is 6.08 Å². The molecular weight excluding hydrogens is 546 g/mol. The SMILES string of the molecule is CCC/C=C/CCCC(O)C(O)C(COC1OC(CO)C(O)C(O)C1O)NC(=O)C(O)CCCCCCCCCCC. The minimum Gasteiger partial charge on any atom is -0.394 e. The van der Waals surface area contributed by atoms with Crippen LogP contribution in [-0.4, -0.2) is 110 Å². The van der Waals surface area contributed by atoms with Crippen molar-refractivity contribution in [2.75, 3.05) is 13.2 Å². The Balaban J connectivity index is 2.69. The van der Waals surface area contributed by atoms with Crippen molar-refractivity contribution in [3.05, 3.63) is 12.2 Å². The van der Waals surface area contributed by atoms with Gasteiger partial charge in [0.05, 0.1) is 25.4 Å². The van der Waals surface area contributed by atoms with Gasteiger partial charge in [-0.05, 0) is 32.1 Å². The fraction of sp³-hybridized carbons (Fsp3) is 0.903. The van der Waals surface area contributed by atoms with Gasteiger partial charge in [0.2, 0.25) is 5.91 Å². The number of rotatable bonds is 24. The maximum Gasteiger partial charge on any atom is 0.249 e. The van der Waals surface area contributed by atoms with E-state index in [0.717, 1.165) is 38.5 Å². The van der Waals surface area contributed by atoms with Crippen LogP contribution in [0.3, 0.4) is 0 Å². The number of nitrogens with one attached hydrogen (secondary N) is 1. The van der Waals surface area contributed by atoms with Crippen LogP contribution in [0.5, 0.6) is 0 Å². The largest absolute Gasteiger partial charge is 0.394 e. The van der Waals surface area contributed by atoms with Crippen molar-refractivity contribution in [3.8, 4) is 0 Å². The van der Waals surface area contributed by atoms with Gasteiger partial charge in [-0.1, -0.05) is 90.2 Å². The van der Waals surface area contributed by atoms with Crippen LogP contribution in [0.1, 0.15) is 110 Å². The molecule has 1 heterocycles. The van der Waals surface area contributed by atoms with E-state index in [0.29, 0.717) is 12.8 Å². The molecule has 0 spiro atoms. The van der Waals surface area contributed by atoms with E-state index in [1.165, 1.54) is 32.1 Å². The summed E-state index contributed by atoms with van der Waals surface area (Å²) >= 11 is 0. The molecule has 1 aliphatic rings. The van der Waals surface area contributed by atoms with E-state index in [-0.39, 0.29) is 12.8 Å². The number of ether oxygens (including phenoxy) is 2. The standard InChI is InChI=1S/C31H59NO10/c1-3-5-7-9-11-12-13-15-17-19-24(35)30(40)32-22(26(36)23(34)18-16-14-10-8-6-4-2)21-41-31-29(39)28(38)27(37)25(20-33)42-31/h8,10,22-29,31,33-39H,3-7,9,11-21H2,1-2H3,(H,32,40)/b10-8+. The van der Waals surface area contributed by atoms with E-state index in [1.54, 1.807) is 0 Å². The van der Waals surface area contributed by atoms with Gasteiger partial charge in [-0.15, -0.1) is 0 Å². The third-order valence-electron chi connectivity index (χ3n) is 7.80. The first-order valence-electron chi connectivity index (χ1n) is 16.1. The maximum absolute atomic E-state index is 12.8. The van der Waals surface area contributed by atoms with Gasteiger partial charge in [0, 0.05) is 0 Å². The highest BCUT2D eigenvalue weighted by Gasteiger charge is 2.44. The van der Waals surface area contributed by atoms with Crippen molar-refractivity contribution in [1.29, 1.82) is 0 Å². The predicted octanol–water partition coefficient (Wildman–Crippen LogP) is 1.82. The zero-order valence-corrected chi connectivity index (χ0v) is 25.7. The highest BCUT2D eigenvalue weighted by molar-refractivity contribution is 5.80. The summed E-state index contributed by atoms with van der Waals surface area (Å²) in [5.41, 5.74) is 0. The number of hydrogen-bond acceptors (Lipinski definition) is 10. The van der Waals surface area contributed by atoms with Gasteiger partial charge in [-0.2, -0.15) is 0 Å². The number of carbonyl (C=O) groups excluding carboxylic acids is 1. The Bertz CT molecular complexity index is 709. The summed E-state index contributed by atoms with van der Waals surface area (Å²) in [5, 5.41) is 74.3. The minimum atomic E-state index is -1.66. The Morgan fingerprint density at radius 3 is 2.05 bits per heavy atom. The fourth-order valence-corrected chi connectivity index (χ4v) is 4.97. The summed E-state index contributed by atoms with van der Waals surface area (Å²) in [6.07, 6.45) is 6.32. The van der Waals surface area contributed by atoms with E-state index < -0.39 is 74.2 Å². The summed E-state index contributed by atoms with van der Waals surface area (Å²) in [4.78, 5) is 12.8. The lowest BCUT2D eigenvalue weighted by molar-refractivity contribution is -0.303. The van der Waals surface area contributed by atoms with Crippen LogP contribution >= 0.6 is 0 Å². The summed E-state index contributed by atoms with van der Waals surface area (Å²) in [7, 11) is 0. The van der Waals surface area contributed by atoms with Gasteiger partial charge in [-0.25, -0.2) is 0 Å². The summed E-state index contributed by atoms with van der Waals surface area (Å²) < 4.78 is 10.9. The van der Waals surface area contributed by atoms with Crippen molar-refractivity contribution < 1.29 is 50.0 Å². The smallest absolute Gasteiger partial charge is 0.249 e. The van der Waals surface area contributed by atoms with Gasteiger partial charge < -0.3 is 50.5 Å². The molecule has 248 valence electrons. The maximum atomic E-state index is 12.8. The van der Waals surface area contributed by atoms with Gasteiger partial charge in [0.25, 0.3) is 0 Å². The Kier molecular flexibility index (Phi) is 21.5. The monoisotopic (exact) mass is 605 g/mol. The number of unbranched alkanes of at least 4 members (excludes halogenated alkanes) is 10. The first kappa shape index (κ1) is 38.9. The van der Waals surface area contributed by atoms with Crippen molar-refractivity contribution in [2.24, 2.45) is 0 Å². The normalized spacial score (nSPS) is 25.8. The van der Waals surface area contributed by atoms with Crippen LogP contribution in [0.25, 0.3) is 0 Å². The second-order valence-corrected chi connectivity index (χ2v) is 11.5. The van der Waals surface area contributed by atoms with Gasteiger partial charge in [0.1, 0.15) is 36.6 Å². The van der Waals surface area contributed by atoms with Crippen molar-refractivity contribution in [3.63, 3.8) is 0 Å². The third kappa shape index (κ3) is 15.0. The van der Waals surface area contributed by atoms with Gasteiger partial charge >= 0.3 is 0 Å². The first-order chi connectivity index (χ1) is 20.2. The molecule has 0 bridgehead atoms. The number of amides is 1. The van der Waals surface area contributed by atoms with Crippen molar-refractivity contribution in [1.82, 2.24) is 5.32 Å². The lowest BCUT2D eigenvalue weighted by Gasteiger charge is -2.40. The molecule has 42 heavy (non-hydrogen) atoms. The number of allylic oxidation sites excluding steroid dienone is 2. The number of aliphatic hydroxyl groups is 7. The molecule has 0 radical (unpaired) electrons. The fourth-order valence-electron chi connectivity index (χ4n) is 4.97. The molecule has 0 saturated carbocycles. The zero-order chi connectivity index (χ0) is 31.3. The van der Waals surface area contributed by atoms with E-state index in [9.17, 15) is 40.5 Å². The second-order valence-electron chi connectivity index (χ2n) is 11.5. The number of hydrogen-bond donors (Lipinski definition) is 8. The summed E-state index contributed by atoms with van der Waals surface area (Å²) in [6, 6.07) is -1.17. The molecule has 11 nitrogen and oxygen atoms in total. The molecule has 0 aromatic carbocycles. The molecular formula is C31H59NO10. The first-order valence-corrected chi connectivity index (χ1v) is 16.1. The lowest BCUT2D eigenvalue weighted by Crippen LogP contribution is -2.60. The zero-order valence-electron chi connectivity index (χ0n) is 25.7. The topological polar surface area (TPSA) is 189 Å². The van der Waals surface area contributed by atoms with E-state index in [4.69, 9.17) is 9.47 Å². The van der Waals surface area contributed by atoms with E-state index in [2.05, 4.69) is 25.2 Å². The Hall–Kier alpha value is -1.15. The van der Waals surface area contributed by atoms with E-state index >= 15 is 0 Å². The molecule has 1 amide bonds. The average molecular weight is 606 g/mol. The van der Waals surface area contributed by atoms with Gasteiger partial charge in [-0.3, -0.25) is 4.79 Å². The Morgan fingerprint density at radius 1 is 0.810 bits per heavy atom. The van der Waals surface area contributed by atoms with Crippen LogP contribution in [0.15, 0.2) is 12.2 Å². The molecule has 0 aromatic rings. The summed E-state index contributed by atoms with van der Waals surface area (Å²) in [6.45, 7) is 3.20. The van der Waals surface area contributed by atoms with Crippen molar-refractivity contribution in [2.45, 2.75) is 165 Å². The molecule has 9 atom stereocenters. The molecule has 1 fully saturated rings. The van der Waals surface area contributed by atoms with Crippen LogP contribution < -0.4 is 5.32 Å². The highest BCUT2D eigenvalue weighted by atomic mass is 16.7. The molecule has 8 N–H and O–H groups in total. The molecule has 1 aliphatic heterocycles. The molecule has 1 saturated heterocycles. The molecule has 11 heteroatoms. The number of carbonyl (C=O) groups is 1. The lowest BCUT2D eigenvalue weighted by atomic mass is 9.98. The number of aliphatic hydroxyl groups excluding tert-OH is 7. The highest BCUT2D eigenvalue weighted by Crippen LogP contribution is 2.23. The average Bonchev–Trinajstić information content (AvgIpc) is 2.98. The van der Waals surface area contributed by atoms with Crippen LogP contribution in [0, 0.1) is 0 Å². The molecule has 0 aliphatic carbocycles. The van der Waals surface area contributed by atoms with Crippen LogP contribution in [0.2, 0.25) is 0 Å². The summed E-state index contributed by atoms with van der Waals surface area (Å²) in [5.74, 6) is -0.717. The second kappa shape index (κ2) is 23.3. The quantitative estimate of drug-likeness (QED) is 0.0595. The molecule has 0 aromatic heterocycles. The Morgan fingerprint density at radius 2 is 1.43 bits per heavy atom. The predicted molar refractivity (Wildman–Crippen MR) is 159 cm³/mol. The third-order valence-corrected chi connectivity index (χ3v) is 7.80. The minimum absolute atomic E-state index is 0.255. The van der Waals surface area contributed by atoms with Crippen LogP contribution in [0.4, 0.5) is 0 Å². The Labute approximate surface area is 251 Å². The van der Waals surface area contributed by atoms with Crippen molar-refractivity contribution >= 4 is 5.91 Å².